The summed E-state index contributed by atoms with van der Waals surface area (Å²) < 4.78 is 0. The SMILES string of the molecule is CC1(C)C(=O)/C(=C/c2ccc(Cl)cc2Cl)[C@H]2C[C@@H]1C2(C)C. The number of benzene rings is 1. The molecule has 1 aromatic rings. The Morgan fingerprint density at radius 2 is 1.86 bits per heavy atom. The van der Waals surface area contributed by atoms with Crippen LogP contribution >= 0.6 is 23.2 Å². The molecule has 0 spiro atoms. The smallest absolute Gasteiger partial charge is 0.165 e. The molecule has 0 saturated heterocycles. The van der Waals surface area contributed by atoms with Crippen LogP contribution in [0.4, 0.5) is 0 Å². The molecule has 0 aromatic heterocycles. The van der Waals surface area contributed by atoms with Gasteiger partial charge in [0.25, 0.3) is 0 Å². The Balaban J connectivity index is 2.08. The fraction of sp³-hybridized carbons (Fsp3) is 0.500. The van der Waals surface area contributed by atoms with Crippen molar-refractivity contribution in [1.29, 1.82) is 0 Å². The van der Waals surface area contributed by atoms with Crippen molar-refractivity contribution in [2.75, 3.05) is 0 Å². The zero-order chi connectivity index (χ0) is 15.6. The molecule has 2 bridgehead atoms. The summed E-state index contributed by atoms with van der Waals surface area (Å²) in [6.07, 6.45) is 3.08. The third-order valence-corrected chi connectivity index (χ3v) is 6.20. The lowest BCUT2D eigenvalue weighted by Gasteiger charge is -2.63. The maximum atomic E-state index is 12.8. The van der Waals surface area contributed by atoms with Crippen LogP contribution in [0.3, 0.4) is 0 Å². The molecule has 0 amide bonds. The third-order valence-electron chi connectivity index (χ3n) is 5.64. The lowest BCUT2D eigenvalue weighted by Crippen LogP contribution is -2.61. The Morgan fingerprint density at radius 3 is 2.43 bits per heavy atom. The first-order chi connectivity index (χ1) is 9.65. The van der Waals surface area contributed by atoms with Gasteiger partial charge in [-0.25, -0.2) is 0 Å². The van der Waals surface area contributed by atoms with Gasteiger partial charge in [0.2, 0.25) is 0 Å². The number of hydrogen-bond acceptors (Lipinski definition) is 1. The van der Waals surface area contributed by atoms with Crippen molar-refractivity contribution < 1.29 is 4.79 Å². The molecule has 0 aliphatic heterocycles. The lowest BCUT2D eigenvalue weighted by molar-refractivity contribution is -0.155. The number of ketones is 1. The van der Waals surface area contributed by atoms with Gasteiger partial charge < -0.3 is 0 Å². The highest BCUT2D eigenvalue weighted by molar-refractivity contribution is 6.35. The number of halogens is 2. The van der Waals surface area contributed by atoms with E-state index >= 15 is 0 Å². The maximum Gasteiger partial charge on any atom is 0.165 e. The Morgan fingerprint density at radius 1 is 1.19 bits per heavy atom. The summed E-state index contributed by atoms with van der Waals surface area (Å²) in [5.74, 6) is 1.09. The summed E-state index contributed by atoms with van der Waals surface area (Å²) in [5.41, 5.74) is 1.70. The highest BCUT2D eigenvalue weighted by atomic mass is 35.5. The average Bonchev–Trinajstić information content (AvgIpc) is 2.36. The summed E-state index contributed by atoms with van der Waals surface area (Å²) in [5, 5.41) is 1.21. The van der Waals surface area contributed by atoms with E-state index in [0.717, 1.165) is 17.6 Å². The predicted molar refractivity (Wildman–Crippen MR) is 88.6 cm³/mol. The van der Waals surface area contributed by atoms with Crippen LogP contribution in [0.15, 0.2) is 23.8 Å². The highest BCUT2D eigenvalue weighted by Crippen LogP contribution is 2.66. The van der Waals surface area contributed by atoms with Crippen molar-refractivity contribution in [3.05, 3.63) is 39.4 Å². The first kappa shape index (κ1) is 15.1. The molecule has 2 atom stereocenters. The van der Waals surface area contributed by atoms with E-state index in [-0.39, 0.29) is 16.6 Å². The molecule has 0 unspecified atom stereocenters. The summed E-state index contributed by atoms with van der Waals surface area (Å²) in [7, 11) is 0. The molecule has 0 N–H and O–H groups in total. The molecule has 1 nitrogen and oxygen atoms in total. The fourth-order valence-corrected chi connectivity index (χ4v) is 4.78. The van der Waals surface area contributed by atoms with Gasteiger partial charge in [-0.05, 0) is 53.0 Å². The van der Waals surface area contributed by atoms with Crippen molar-refractivity contribution in [3.63, 3.8) is 0 Å². The van der Waals surface area contributed by atoms with Crippen LogP contribution in [-0.4, -0.2) is 5.78 Å². The molecule has 0 radical (unpaired) electrons. The molecule has 4 rings (SSSR count). The van der Waals surface area contributed by atoms with E-state index in [2.05, 4.69) is 27.7 Å². The van der Waals surface area contributed by atoms with E-state index in [1.165, 1.54) is 0 Å². The van der Waals surface area contributed by atoms with Crippen molar-refractivity contribution in [1.82, 2.24) is 0 Å². The zero-order valence-electron chi connectivity index (χ0n) is 12.8. The van der Waals surface area contributed by atoms with E-state index in [1.807, 2.05) is 18.2 Å². The van der Waals surface area contributed by atoms with E-state index in [1.54, 1.807) is 6.07 Å². The fourth-order valence-electron chi connectivity index (χ4n) is 4.32. The molecule has 3 heteroatoms. The number of rotatable bonds is 1. The third kappa shape index (κ3) is 2.09. The second kappa shape index (κ2) is 4.60. The minimum Gasteiger partial charge on any atom is -0.294 e. The van der Waals surface area contributed by atoms with Gasteiger partial charge in [0.15, 0.2) is 5.78 Å². The summed E-state index contributed by atoms with van der Waals surface area (Å²) in [4.78, 5) is 12.8. The van der Waals surface area contributed by atoms with Crippen LogP contribution in [0.25, 0.3) is 6.08 Å². The number of carbonyl (C=O) groups is 1. The van der Waals surface area contributed by atoms with Crippen LogP contribution in [0.2, 0.25) is 10.0 Å². The summed E-state index contributed by atoms with van der Waals surface area (Å²) in [6, 6.07) is 5.42. The Kier molecular flexibility index (Phi) is 3.31. The van der Waals surface area contributed by atoms with Crippen molar-refractivity contribution in [3.8, 4) is 0 Å². The Hall–Kier alpha value is -0.790. The number of allylic oxidation sites excluding steroid dienone is 1. The van der Waals surface area contributed by atoms with Crippen LogP contribution in [0, 0.1) is 22.7 Å². The van der Waals surface area contributed by atoms with Gasteiger partial charge in [0.1, 0.15) is 0 Å². The topological polar surface area (TPSA) is 17.1 Å². The summed E-state index contributed by atoms with van der Waals surface area (Å²) >= 11 is 12.2. The van der Waals surface area contributed by atoms with Crippen LogP contribution in [0.5, 0.6) is 0 Å². The second-order valence-corrected chi connectivity index (χ2v) is 8.32. The van der Waals surface area contributed by atoms with Crippen LogP contribution < -0.4 is 0 Å². The standard InChI is InChI=1S/C18H20Cl2O/c1-17(2)13-9-15(17)18(3,4)16(21)12(13)7-10-5-6-11(19)8-14(10)20/h5-8,13,15H,9H2,1-4H3/b12-7+/t13-,15-/m1/s1. The molecule has 3 aliphatic carbocycles. The molecular formula is C18H20Cl2O. The Bertz CT molecular complexity index is 655. The Labute approximate surface area is 136 Å². The number of fused-ring (bicyclic) bond motifs is 2. The predicted octanol–water partition coefficient (Wildman–Crippen LogP) is 5.65. The number of hydrogen-bond donors (Lipinski definition) is 0. The van der Waals surface area contributed by atoms with Crippen LogP contribution in [-0.2, 0) is 4.79 Å². The normalized spacial score (nSPS) is 31.1. The monoisotopic (exact) mass is 322 g/mol. The maximum absolute atomic E-state index is 12.8. The molecule has 0 heterocycles. The van der Waals surface area contributed by atoms with Crippen molar-refractivity contribution in [2.45, 2.75) is 34.1 Å². The van der Waals surface area contributed by atoms with Gasteiger partial charge in [-0.1, -0.05) is 57.0 Å². The van der Waals surface area contributed by atoms with Gasteiger partial charge in [0, 0.05) is 15.5 Å². The van der Waals surface area contributed by atoms with Gasteiger partial charge in [-0.2, -0.15) is 0 Å². The van der Waals surface area contributed by atoms with Crippen LogP contribution in [0.1, 0.15) is 39.7 Å². The lowest BCUT2D eigenvalue weighted by atomic mass is 9.40. The average molecular weight is 323 g/mol. The first-order valence-electron chi connectivity index (χ1n) is 7.37. The van der Waals surface area contributed by atoms with Gasteiger partial charge >= 0.3 is 0 Å². The van der Waals surface area contributed by atoms with Crippen molar-refractivity contribution in [2.24, 2.45) is 22.7 Å². The van der Waals surface area contributed by atoms with Crippen molar-refractivity contribution >= 4 is 35.1 Å². The molecule has 3 saturated carbocycles. The molecular weight excluding hydrogens is 303 g/mol. The van der Waals surface area contributed by atoms with Gasteiger partial charge in [0.05, 0.1) is 0 Å². The van der Waals surface area contributed by atoms with E-state index < -0.39 is 0 Å². The zero-order valence-corrected chi connectivity index (χ0v) is 14.3. The van der Waals surface area contributed by atoms with Gasteiger partial charge in [-0.15, -0.1) is 0 Å². The highest BCUT2D eigenvalue weighted by Gasteiger charge is 2.63. The largest absolute Gasteiger partial charge is 0.294 e. The summed E-state index contributed by atoms with van der Waals surface area (Å²) in [6.45, 7) is 8.71. The molecule has 1 aromatic carbocycles. The van der Waals surface area contributed by atoms with E-state index in [4.69, 9.17) is 23.2 Å². The van der Waals surface area contributed by atoms with Gasteiger partial charge in [-0.3, -0.25) is 4.79 Å². The number of carbonyl (C=O) groups excluding carboxylic acids is 1. The second-order valence-electron chi connectivity index (χ2n) is 7.48. The molecule has 21 heavy (non-hydrogen) atoms. The first-order valence-corrected chi connectivity index (χ1v) is 8.12. The van der Waals surface area contributed by atoms with E-state index in [9.17, 15) is 4.79 Å². The minimum atomic E-state index is -0.289. The molecule has 3 aliphatic rings. The minimum absolute atomic E-state index is 0.183. The number of Topliss-reactive ketones (excluding diaryl/α,β-unsaturated/α-hetero) is 1. The molecule has 112 valence electrons. The quantitative estimate of drug-likeness (QED) is 0.611. The van der Waals surface area contributed by atoms with E-state index in [0.29, 0.717) is 21.9 Å². The molecule has 3 fully saturated rings.